The summed E-state index contributed by atoms with van der Waals surface area (Å²) in [7, 11) is 0. The second kappa shape index (κ2) is 3.08. The Balaban J connectivity index is 2.88. The van der Waals surface area contributed by atoms with Crippen molar-refractivity contribution in [3.05, 3.63) is 34.8 Å². The summed E-state index contributed by atoms with van der Waals surface area (Å²) in [6, 6.07) is 3.53. The van der Waals surface area contributed by atoms with Crippen LogP contribution < -0.4 is 5.73 Å². The summed E-state index contributed by atoms with van der Waals surface area (Å²) in [6.07, 6.45) is 0. The van der Waals surface area contributed by atoms with Gasteiger partial charge in [0.2, 0.25) is 5.91 Å². The number of primary amides is 1. The molecular formula is C11H13N3O. The first-order valence-corrected chi connectivity index (χ1v) is 4.77. The van der Waals surface area contributed by atoms with Crippen molar-refractivity contribution >= 4 is 11.6 Å². The number of aromatic nitrogens is 2. The number of imidazole rings is 1. The second-order valence-electron chi connectivity index (χ2n) is 3.67. The summed E-state index contributed by atoms with van der Waals surface area (Å²) in [4.78, 5) is 15.6. The molecule has 0 atom stereocenters. The van der Waals surface area contributed by atoms with E-state index in [9.17, 15) is 4.79 Å². The van der Waals surface area contributed by atoms with Gasteiger partial charge in [-0.15, -0.1) is 0 Å². The van der Waals surface area contributed by atoms with Crippen LogP contribution in [0.4, 0.5) is 0 Å². The summed E-state index contributed by atoms with van der Waals surface area (Å²) >= 11 is 0. The van der Waals surface area contributed by atoms with Gasteiger partial charge in [0.15, 0.2) is 0 Å². The van der Waals surface area contributed by atoms with Crippen molar-refractivity contribution in [2.75, 3.05) is 0 Å². The molecule has 0 saturated heterocycles. The SMILES string of the molecule is Cc1nc2ccc(C(N)=O)c(C)n2c1C. The molecule has 2 N–H and O–H groups in total. The Morgan fingerprint density at radius 3 is 2.53 bits per heavy atom. The van der Waals surface area contributed by atoms with Gasteiger partial charge in [-0.25, -0.2) is 4.98 Å². The number of nitrogens with zero attached hydrogens (tertiary/aromatic N) is 2. The molecule has 2 rings (SSSR count). The van der Waals surface area contributed by atoms with Crippen molar-refractivity contribution in [1.82, 2.24) is 9.38 Å². The fourth-order valence-electron chi connectivity index (χ4n) is 1.83. The molecule has 0 aromatic carbocycles. The van der Waals surface area contributed by atoms with Crippen LogP contribution in [0.2, 0.25) is 0 Å². The normalized spacial score (nSPS) is 10.9. The van der Waals surface area contributed by atoms with Crippen molar-refractivity contribution in [2.24, 2.45) is 5.73 Å². The Morgan fingerprint density at radius 2 is 1.93 bits per heavy atom. The van der Waals surface area contributed by atoms with Gasteiger partial charge < -0.3 is 10.1 Å². The Labute approximate surface area is 87.7 Å². The number of nitrogens with two attached hydrogens (primary N) is 1. The third-order valence-corrected chi connectivity index (χ3v) is 2.76. The van der Waals surface area contributed by atoms with E-state index in [0.29, 0.717) is 5.56 Å². The highest BCUT2D eigenvalue weighted by molar-refractivity contribution is 5.94. The van der Waals surface area contributed by atoms with Gasteiger partial charge in [0.1, 0.15) is 5.65 Å². The maximum Gasteiger partial charge on any atom is 0.250 e. The van der Waals surface area contributed by atoms with Crippen molar-refractivity contribution in [3.8, 4) is 0 Å². The lowest BCUT2D eigenvalue weighted by Gasteiger charge is -2.06. The molecule has 4 heteroatoms. The van der Waals surface area contributed by atoms with E-state index >= 15 is 0 Å². The Hall–Kier alpha value is -1.84. The maximum atomic E-state index is 11.2. The molecule has 2 heterocycles. The lowest BCUT2D eigenvalue weighted by Crippen LogP contribution is -2.14. The van der Waals surface area contributed by atoms with Crippen LogP contribution in [0.1, 0.15) is 27.4 Å². The highest BCUT2D eigenvalue weighted by Crippen LogP contribution is 2.16. The highest BCUT2D eigenvalue weighted by Gasteiger charge is 2.11. The lowest BCUT2D eigenvalue weighted by molar-refractivity contribution is 0.0999. The minimum atomic E-state index is -0.403. The van der Waals surface area contributed by atoms with Gasteiger partial charge in [0, 0.05) is 11.4 Å². The number of pyridine rings is 1. The molecule has 0 bridgehead atoms. The second-order valence-corrected chi connectivity index (χ2v) is 3.67. The number of amides is 1. The van der Waals surface area contributed by atoms with Gasteiger partial charge in [-0.2, -0.15) is 0 Å². The minimum Gasteiger partial charge on any atom is -0.366 e. The Kier molecular flexibility index (Phi) is 2.00. The van der Waals surface area contributed by atoms with E-state index < -0.39 is 5.91 Å². The van der Waals surface area contributed by atoms with E-state index in [1.165, 1.54) is 0 Å². The van der Waals surface area contributed by atoms with E-state index in [-0.39, 0.29) is 0 Å². The standard InChI is InChI=1S/C11H13N3O/c1-6-7(2)14-8(3)9(11(12)15)4-5-10(14)13-6/h4-5H,1-3H3,(H2,12,15). The van der Waals surface area contributed by atoms with Crippen LogP contribution in [-0.4, -0.2) is 15.3 Å². The molecule has 78 valence electrons. The summed E-state index contributed by atoms with van der Waals surface area (Å²) < 4.78 is 1.95. The zero-order chi connectivity index (χ0) is 11.2. The number of aryl methyl sites for hydroxylation is 3. The summed E-state index contributed by atoms with van der Waals surface area (Å²) in [5.74, 6) is -0.403. The smallest absolute Gasteiger partial charge is 0.250 e. The third-order valence-electron chi connectivity index (χ3n) is 2.76. The monoisotopic (exact) mass is 203 g/mol. The van der Waals surface area contributed by atoms with Gasteiger partial charge in [0.25, 0.3) is 0 Å². The zero-order valence-corrected chi connectivity index (χ0v) is 9.03. The molecule has 2 aromatic rings. The molecule has 0 unspecified atom stereocenters. The number of fused-ring (bicyclic) bond motifs is 1. The van der Waals surface area contributed by atoms with E-state index in [2.05, 4.69) is 4.98 Å². The summed E-state index contributed by atoms with van der Waals surface area (Å²) in [5.41, 5.74) is 9.55. The van der Waals surface area contributed by atoms with E-state index in [1.807, 2.05) is 31.2 Å². The first kappa shape index (κ1) is 9.71. The molecule has 1 amide bonds. The molecule has 0 aliphatic rings. The largest absolute Gasteiger partial charge is 0.366 e. The van der Waals surface area contributed by atoms with Crippen LogP contribution in [0.15, 0.2) is 12.1 Å². The maximum absolute atomic E-state index is 11.2. The molecule has 0 saturated carbocycles. The Morgan fingerprint density at radius 1 is 1.27 bits per heavy atom. The lowest BCUT2D eigenvalue weighted by atomic mass is 10.2. The summed E-state index contributed by atoms with van der Waals surface area (Å²) in [6.45, 7) is 5.81. The molecule has 0 radical (unpaired) electrons. The van der Waals surface area contributed by atoms with Gasteiger partial charge in [0.05, 0.1) is 11.3 Å². The quantitative estimate of drug-likeness (QED) is 0.760. The average molecular weight is 203 g/mol. The van der Waals surface area contributed by atoms with Gasteiger partial charge >= 0.3 is 0 Å². The predicted octanol–water partition coefficient (Wildman–Crippen LogP) is 1.36. The van der Waals surface area contributed by atoms with Crippen molar-refractivity contribution in [2.45, 2.75) is 20.8 Å². The fourth-order valence-corrected chi connectivity index (χ4v) is 1.83. The number of rotatable bonds is 1. The molecule has 0 aliphatic heterocycles. The van der Waals surface area contributed by atoms with Crippen LogP contribution in [0.5, 0.6) is 0 Å². The van der Waals surface area contributed by atoms with Crippen LogP contribution in [0.25, 0.3) is 5.65 Å². The molecule has 0 aliphatic carbocycles. The number of carbonyl (C=O) groups excluding carboxylic acids is 1. The Bertz CT molecular complexity index is 554. The van der Waals surface area contributed by atoms with Gasteiger partial charge in [-0.3, -0.25) is 4.79 Å². The molecular weight excluding hydrogens is 190 g/mol. The topological polar surface area (TPSA) is 60.4 Å². The number of hydrogen-bond acceptors (Lipinski definition) is 2. The third kappa shape index (κ3) is 1.29. The predicted molar refractivity (Wildman–Crippen MR) is 57.9 cm³/mol. The fraction of sp³-hybridized carbons (Fsp3) is 0.273. The molecule has 0 fully saturated rings. The van der Waals surface area contributed by atoms with Crippen molar-refractivity contribution in [3.63, 3.8) is 0 Å². The van der Waals surface area contributed by atoms with E-state index in [4.69, 9.17) is 5.73 Å². The van der Waals surface area contributed by atoms with Gasteiger partial charge in [-0.1, -0.05) is 0 Å². The molecule has 0 spiro atoms. The first-order valence-electron chi connectivity index (χ1n) is 4.77. The van der Waals surface area contributed by atoms with Crippen LogP contribution in [0.3, 0.4) is 0 Å². The van der Waals surface area contributed by atoms with Crippen LogP contribution >= 0.6 is 0 Å². The van der Waals surface area contributed by atoms with Crippen LogP contribution in [-0.2, 0) is 0 Å². The minimum absolute atomic E-state index is 0.403. The number of hydrogen-bond donors (Lipinski definition) is 1. The molecule has 2 aromatic heterocycles. The highest BCUT2D eigenvalue weighted by atomic mass is 16.1. The van der Waals surface area contributed by atoms with Crippen LogP contribution in [0, 0.1) is 20.8 Å². The molecule has 4 nitrogen and oxygen atoms in total. The first-order chi connectivity index (χ1) is 7.02. The molecule has 15 heavy (non-hydrogen) atoms. The zero-order valence-electron chi connectivity index (χ0n) is 9.03. The van der Waals surface area contributed by atoms with Crippen molar-refractivity contribution in [1.29, 1.82) is 0 Å². The van der Waals surface area contributed by atoms with E-state index in [1.54, 1.807) is 6.07 Å². The van der Waals surface area contributed by atoms with Crippen molar-refractivity contribution < 1.29 is 4.79 Å². The summed E-state index contributed by atoms with van der Waals surface area (Å²) in [5, 5.41) is 0. The number of carbonyl (C=O) groups is 1. The van der Waals surface area contributed by atoms with E-state index in [0.717, 1.165) is 22.7 Å². The van der Waals surface area contributed by atoms with Gasteiger partial charge in [-0.05, 0) is 32.9 Å². The average Bonchev–Trinajstić information content (AvgIpc) is 2.43.